The quantitative estimate of drug-likeness (QED) is 0.729. The molecule has 106 valence electrons. The fourth-order valence-corrected chi connectivity index (χ4v) is 2.39. The van der Waals surface area contributed by atoms with Crippen LogP contribution in [0.15, 0.2) is 0 Å². The Morgan fingerprint density at radius 3 is 2.56 bits per heavy atom. The van der Waals surface area contributed by atoms with Crippen molar-refractivity contribution >= 4 is 5.91 Å². The van der Waals surface area contributed by atoms with Gasteiger partial charge in [0.2, 0.25) is 5.91 Å². The molecule has 0 spiro atoms. The van der Waals surface area contributed by atoms with Gasteiger partial charge in [-0.3, -0.25) is 4.79 Å². The second-order valence-corrected chi connectivity index (χ2v) is 5.53. The van der Waals surface area contributed by atoms with Gasteiger partial charge in [-0.15, -0.1) is 0 Å². The normalized spacial score (nSPS) is 20.4. The Morgan fingerprint density at radius 2 is 1.94 bits per heavy atom. The molecule has 2 unspecified atom stereocenters. The fraction of sp³-hybridized carbons (Fsp3) is 0.929. The number of hydrogen-bond donors (Lipinski definition) is 2. The van der Waals surface area contributed by atoms with Gasteiger partial charge in [0.15, 0.2) is 0 Å². The first kappa shape index (κ1) is 15.4. The Bertz CT molecular complexity index is 240. The van der Waals surface area contributed by atoms with Crippen LogP contribution in [0.2, 0.25) is 0 Å². The van der Waals surface area contributed by atoms with Crippen molar-refractivity contribution < 1.29 is 9.53 Å². The molecule has 2 atom stereocenters. The second kappa shape index (κ2) is 8.48. The smallest absolute Gasteiger partial charge is 0.237 e. The first-order valence-corrected chi connectivity index (χ1v) is 7.16. The first-order chi connectivity index (χ1) is 8.63. The monoisotopic (exact) mass is 256 g/mol. The molecule has 0 bridgehead atoms. The molecule has 4 heteroatoms. The van der Waals surface area contributed by atoms with Crippen molar-refractivity contribution in [2.24, 2.45) is 5.92 Å². The van der Waals surface area contributed by atoms with Crippen LogP contribution in [0.4, 0.5) is 0 Å². The van der Waals surface area contributed by atoms with Crippen LogP contribution >= 0.6 is 0 Å². The molecule has 1 aliphatic rings. The summed E-state index contributed by atoms with van der Waals surface area (Å²) in [6.45, 7) is 5.58. The average Bonchev–Trinajstić information content (AvgIpc) is 2.37. The van der Waals surface area contributed by atoms with Crippen LogP contribution in [0.5, 0.6) is 0 Å². The van der Waals surface area contributed by atoms with Crippen LogP contribution in [0, 0.1) is 5.92 Å². The molecule has 4 nitrogen and oxygen atoms in total. The van der Waals surface area contributed by atoms with Gasteiger partial charge in [-0.2, -0.15) is 0 Å². The van der Waals surface area contributed by atoms with Crippen molar-refractivity contribution in [3.8, 4) is 0 Å². The lowest BCUT2D eigenvalue weighted by Crippen LogP contribution is -2.47. The van der Waals surface area contributed by atoms with Crippen molar-refractivity contribution in [2.75, 3.05) is 20.3 Å². The predicted molar refractivity (Wildman–Crippen MR) is 73.5 cm³/mol. The van der Waals surface area contributed by atoms with E-state index in [0.29, 0.717) is 12.0 Å². The summed E-state index contributed by atoms with van der Waals surface area (Å²) in [4.78, 5) is 12.0. The van der Waals surface area contributed by atoms with Crippen molar-refractivity contribution in [1.82, 2.24) is 10.6 Å². The fourth-order valence-electron chi connectivity index (χ4n) is 2.39. The lowest BCUT2D eigenvalue weighted by molar-refractivity contribution is -0.123. The third kappa shape index (κ3) is 5.83. The number of carbonyl (C=O) groups is 1. The van der Waals surface area contributed by atoms with E-state index in [1.807, 2.05) is 6.92 Å². The highest BCUT2D eigenvalue weighted by molar-refractivity contribution is 5.81. The van der Waals surface area contributed by atoms with Gasteiger partial charge in [-0.05, 0) is 25.7 Å². The maximum atomic E-state index is 12.0. The molecule has 0 aromatic rings. The van der Waals surface area contributed by atoms with E-state index in [0.717, 1.165) is 26.0 Å². The van der Waals surface area contributed by atoms with Gasteiger partial charge in [0.1, 0.15) is 0 Å². The predicted octanol–water partition coefficient (Wildman–Crippen LogP) is 1.70. The highest BCUT2D eigenvalue weighted by Gasteiger charge is 2.19. The van der Waals surface area contributed by atoms with E-state index < -0.39 is 0 Å². The van der Waals surface area contributed by atoms with Crippen LogP contribution < -0.4 is 10.6 Å². The molecule has 0 radical (unpaired) electrons. The molecule has 1 amide bonds. The van der Waals surface area contributed by atoms with E-state index in [-0.39, 0.29) is 11.9 Å². The van der Waals surface area contributed by atoms with E-state index in [1.54, 1.807) is 7.11 Å². The molecular weight excluding hydrogens is 228 g/mol. The zero-order valence-electron chi connectivity index (χ0n) is 12.0. The lowest BCUT2D eigenvalue weighted by Gasteiger charge is -2.25. The Balaban J connectivity index is 2.19. The number of nitrogens with one attached hydrogen (secondary N) is 2. The summed E-state index contributed by atoms with van der Waals surface area (Å²) < 4.78 is 5.08. The average molecular weight is 256 g/mol. The first-order valence-electron chi connectivity index (χ1n) is 7.16. The van der Waals surface area contributed by atoms with Gasteiger partial charge in [-0.1, -0.05) is 26.2 Å². The number of carbonyl (C=O) groups excluding carboxylic acids is 1. The summed E-state index contributed by atoms with van der Waals surface area (Å²) in [6.07, 6.45) is 6.08. The van der Waals surface area contributed by atoms with Gasteiger partial charge < -0.3 is 15.4 Å². The summed E-state index contributed by atoms with van der Waals surface area (Å²) >= 11 is 0. The summed E-state index contributed by atoms with van der Waals surface area (Å²) in [7, 11) is 1.70. The Labute approximate surface area is 111 Å². The molecule has 0 saturated heterocycles. The molecule has 1 rings (SSSR count). The molecule has 2 N–H and O–H groups in total. The van der Waals surface area contributed by atoms with Gasteiger partial charge in [-0.25, -0.2) is 0 Å². The summed E-state index contributed by atoms with van der Waals surface area (Å²) in [5.74, 6) is 0.562. The van der Waals surface area contributed by atoms with Gasteiger partial charge in [0, 0.05) is 26.3 Å². The number of hydrogen-bond acceptors (Lipinski definition) is 3. The van der Waals surface area contributed by atoms with Crippen molar-refractivity contribution in [3.05, 3.63) is 0 Å². The van der Waals surface area contributed by atoms with Crippen molar-refractivity contribution in [1.29, 1.82) is 0 Å². The van der Waals surface area contributed by atoms with Gasteiger partial charge >= 0.3 is 0 Å². The largest absolute Gasteiger partial charge is 0.384 e. The standard InChI is InChI=1S/C14H28N2O2/c1-11(10-18-3)9-15-12(2)14(17)16-13-7-5-4-6-8-13/h11-13,15H,4-10H2,1-3H3,(H,16,17). The maximum absolute atomic E-state index is 12.0. The lowest BCUT2D eigenvalue weighted by atomic mass is 9.95. The number of amides is 1. The summed E-state index contributed by atoms with van der Waals surface area (Å²) in [5, 5.41) is 6.41. The van der Waals surface area contributed by atoms with Gasteiger partial charge in [0.25, 0.3) is 0 Å². The van der Waals surface area contributed by atoms with Crippen molar-refractivity contribution in [2.45, 2.75) is 58.0 Å². The molecular formula is C14H28N2O2. The Hall–Kier alpha value is -0.610. The maximum Gasteiger partial charge on any atom is 0.237 e. The molecule has 0 aromatic heterocycles. The minimum absolute atomic E-state index is 0.119. The minimum Gasteiger partial charge on any atom is -0.384 e. The summed E-state index contributed by atoms with van der Waals surface area (Å²) in [5.41, 5.74) is 0. The topological polar surface area (TPSA) is 50.4 Å². The van der Waals surface area contributed by atoms with Crippen LogP contribution in [-0.2, 0) is 9.53 Å². The minimum atomic E-state index is -0.119. The summed E-state index contributed by atoms with van der Waals surface area (Å²) in [6, 6.07) is 0.276. The molecule has 0 heterocycles. The van der Waals surface area contributed by atoms with E-state index in [4.69, 9.17) is 4.74 Å². The highest BCUT2D eigenvalue weighted by atomic mass is 16.5. The Morgan fingerprint density at radius 1 is 1.28 bits per heavy atom. The number of ether oxygens (including phenoxy) is 1. The molecule has 1 saturated carbocycles. The van der Waals surface area contributed by atoms with Crippen LogP contribution in [0.3, 0.4) is 0 Å². The van der Waals surface area contributed by atoms with Crippen molar-refractivity contribution in [3.63, 3.8) is 0 Å². The third-order valence-corrected chi connectivity index (χ3v) is 3.57. The third-order valence-electron chi connectivity index (χ3n) is 3.57. The molecule has 0 aromatic carbocycles. The van der Waals surface area contributed by atoms with Crippen LogP contribution in [-0.4, -0.2) is 38.3 Å². The zero-order valence-corrected chi connectivity index (χ0v) is 12.0. The molecule has 1 fully saturated rings. The van der Waals surface area contributed by atoms with Crippen LogP contribution in [0.25, 0.3) is 0 Å². The number of rotatable bonds is 7. The van der Waals surface area contributed by atoms with E-state index in [9.17, 15) is 4.79 Å². The van der Waals surface area contributed by atoms with Crippen LogP contribution in [0.1, 0.15) is 46.0 Å². The van der Waals surface area contributed by atoms with E-state index in [1.165, 1.54) is 19.3 Å². The highest BCUT2D eigenvalue weighted by Crippen LogP contribution is 2.17. The Kier molecular flexibility index (Phi) is 7.28. The molecule has 18 heavy (non-hydrogen) atoms. The second-order valence-electron chi connectivity index (χ2n) is 5.53. The molecule has 1 aliphatic carbocycles. The molecule has 0 aliphatic heterocycles. The van der Waals surface area contributed by atoms with Gasteiger partial charge in [0.05, 0.1) is 6.04 Å². The SMILES string of the molecule is COCC(C)CNC(C)C(=O)NC1CCCCC1. The van der Waals surface area contributed by atoms with E-state index in [2.05, 4.69) is 17.6 Å². The van der Waals surface area contributed by atoms with E-state index >= 15 is 0 Å². The number of methoxy groups -OCH3 is 1. The zero-order chi connectivity index (χ0) is 13.4.